The van der Waals surface area contributed by atoms with Crippen molar-refractivity contribution >= 4 is 34.3 Å². The van der Waals surface area contributed by atoms with Crippen molar-refractivity contribution in [3.05, 3.63) is 113 Å². The standard InChI is InChI=1S/C29H23FN2O5/c1-37-29(36)19-8-6-17(7-9-19)25-24(26(33)18-10-12-21(30)13-11-18)27(34)28(35)32(25)15-14-20-16-31-23-5-3-2-4-22(20)23/h2-13,16,25,31,33H,14-15H2,1H3/b26-24-. The van der Waals surface area contributed by atoms with Crippen LogP contribution in [0.25, 0.3) is 16.7 Å². The number of nitrogens with one attached hydrogen (secondary N) is 1. The summed E-state index contributed by atoms with van der Waals surface area (Å²) < 4.78 is 18.2. The fraction of sp³-hybridized carbons (Fsp3) is 0.138. The number of H-pyrrole nitrogens is 1. The van der Waals surface area contributed by atoms with Gasteiger partial charge < -0.3 is 19.7 Å². The second-order valence-corrected chi connectivity index (χ2v) is 8.72. The van der Waals surface area contributed by atoms with Crippen LogP contribution in [0.5, 0.6) is 0 Å². The molecule has 1 aliphatic rings. The van der Waals surface area contributed by atoms with E-state index in [4.69, 9.17) is 4.74 Å². The molecule has 3 aromatic carbocycles. The van der Waals surface area contributed by atoms with E-state index in [1.165, 1.54) is 36.3 Å². The summed E-state index contributed by atoms with van der Waals surface area (Å²) in [5, 5.41) is 12.1. The van der Waals surface area contributed by atoms with Crippen LogP contribution in [0.4, 0.5) is 4.39 Å². The Bertz CT molecular complexity index is 1540. The van der Waals surface area contributed by atoms with E-state index in [1.807, 2.05) is 30.5 Å². The average Bonchev–Trinajstić information content (AvgIpc) is 3.45. The fourth-order valence-corrected chi connectivity index (χ4v) is 4.72. The van der Waals surface area contributed by atoms with Gasteiger partial charge in [-0.05, 0) is 60.0 Å². The van der Waals surface area contributed by atoms with Gasteiger partial charge in [-0.15, -0.1) is 0 Å². The Morgan fingerprint density at radius 2 is 1.68 bits per heavy atom. The molecule has 1 aliphatic heterocycles. The van der Waals surface area contributed by atoms with Crippen molar-refractivity contribution in [1.82, 2.24) is 9.88 Å². The molecule has 0 aliphatic carbocycles. The third-order valence-corrected chi connectivity index (χ3v) is 6.60. The van der Waals surface area contributed by atoms with Gasteiger partial charge in [0, 0.05) is 29.2 Å². The van der Waals surface area contributed by atoms with E-state index in [0.717, 1.165) is 16.5 Å². The molecule has 0 bridgehead atoms. The number of esters is 1. The maximum absolute atomic E-state index is 13.5. The number of methoxy groups -OCH3 is 1. The number of carbonyl (C=O) groups is 3. The van der Waals surface area contributed by atoms with Crippen molar-refractivity contribution in [2.24, 2.45) is 0 Å². The van der Waals surface area contributed by atoms with Gasteiger partial charge in [0.15, 0.2) is 0 Å². The summed E-state index contributed by atoms with van der Waals surface area (Å²) in [6.07, 6.45) is 2.34. The van der Waals surface area contributed by atoms with E-state index in [0.29, 0.717) is 17.5 Å². The number of hydrogen-bond acceptors (Lipinski definition) is 5. The van der Waals surface area contributed by atoms with Gasteiger partial charge in [-0.3, -0.25) is 9.59 Å². The Kier molecular flexibility index (Phi) is 6.31. The number of benzene rings is 3. The van der Waals surface area contributed by atoms with Crippen LogP contribution in [0.15, 0.2) is 84.6 Å². The Hall–Kier alpha value is -4.72. The monoisotopic (exact) mass is 498 g/mol. The highest BCUT2D eigenvalue weighted by molar-refractivity contribution is 6.46. The highest BCUT2D eigenvalue weighted by Crippen LogP contribution is 2.39. The van der Waals surface area contributed by atoms with Gasteiger partial charge in [0.25, 0.3) is 11.7 Å². The zero-order valence-corrected chi connectivity index (χ0v) is 19.9. The topological polar surface area (TPSA) is 99.7 Å². The van der Waals surface area contributed by atoms with Gasteiger partial charge in [0.1, 0.15) is 11.6 Å². The molecule has 37 heavy (non-hydrogen) atoms. The van der Waals surface area contributed by atoms with Crippen LogP contribution in [-0.4, -0.2) is 46.3 Å². The molecule has 2 heterocycles. The van der Waals surface area contributed by atoms with Gasteiger partial charge in [-0.1, -0.05) is 30.3 Å². The number of aromatic amines is 1. The zero-order chi connectivity index (χ0) is 26.1. The molecule has 1 saturated heterocycles. The quantitative estimate of drug-likeness (QED) is 0.173. The molecule has 0 radical (unpaired) electrons. The molecular formula is C29H23FN2O5. The SMILES string of the molecule is COC(=O)c1ccc(C2/C(=C(/O)c3ccc(F)cc3)C(=O)C(=O)N2CCc2c[nH]c3ccccc23)cc1. The number of aliphatic hydroxyl groups is 1. The van der Waals surface area contributed by atoms with Crippen molar-refractivity contribution in [2.75, 3.05) is 13.7 Å². The molecule has 1 unspecified atom stereocenters. The summed E-state index contributed by atoms with van der Waals surface area (Å²) in [4.78, 5) is 43.0. The third kappa shape index (κ3) is 4.38. The number of hydrogen-bond donors (Lipinski definition) is 2. The predicted molar refractivity (Wildman–Crippen MR) is 135 cm³/mol. The van der Waals surface area contributed by atoms with E-state index in [1.54, 1.807) is 24.3 Å². The zero-order valence-electron chi connectivity index (χ0n) is 19.9. The minimum absolute atomic E-state index is 0.0960. The minimum atomic E-state index is -0.901. The van der Waals surface area contributed by atoms with Gasteiger partial charge in [0.2, 0.25) is 0 Å². The molecular weight excluding hydrogens is 475 g/mol. The largest absolute Gasteiger partial charge is 0.507 e. The maximum Gasteiger partial charge on any atom is 0.337 e. The number of amides is 1. The van der Waals surface area contributed by atoms with Crippen LogP contribution < -0.4 is 0 Å². The predicted octanol–water partition coefficient (Wildman–Crippen LogP) is 4.76. The lowest BCUT2D eigenvalue weighted by molar-refractivity contribution is -0.139. The Balaban J connectivity index is 1.56. The molecule has 4 aromatic rings. The molecule has 5 rings (SSSR count). The molecule has 8 heteroatoms. The summed E-state index contributed by atoms with van der Waals surface area (Å²) in [5.41, 5.74) is 2.91. The lowest BCUT2D eigenvalue weighted by Gasteiger charge is -2.25. The second kappa shape index (κ2) is 9.73. The highest BCUT2D eigenvalue weighted by atomic mass is 19.1. The van der Waals surface area contributed by atoms with Crippen LogP contribution in [0.2, 0.25) is 0 Å². The summed E-state index contributed by atoms with van der Waals surface area (Å²) in [6.45, 7) is 0.204. The van der Waals surface area contributed by atoms with Crippen LogP contribution >= 0.6 is 0 Å². The summed E-state index contributed by atoms with van der Waals surface area (Å²) in [5.74, 6) is -2.99. The van der Waals surface area contributed by atoms with E-state index in [2.05, 4.69) is 4.98 Å². The number of aliphatic hydroxyl groups excluding tert-OH is 1. The van der Waals surface area contributed by atoms with Gasteiger partial charge in [-0.2, -0.15) is 0 Å². The Labute approximate surface area is 211 Å². The van der Waals surface area contributed by atoms with E-state index in [9.17, 15) is 23.9 Å². The number of para-hydroxylation sites is 1. The normalized spacial score (nSPS) is 16.9. The molecule has 186 valence electrons. The minimum Gasteiger partial charge on any atom is -0.507 e. The molecule has 0 spiro atoms. The summed E-state index contributed by atoms with van der Waals surface area (Å²) in [6, 6.07) is 18.3. The van der Waals surface area contributed by atoms with Crippen LogP contribution in [0.1, 0.15) is 33.1 Å². The van der Waals surface area contributed by atoms with E-state index >= 15 is 0 Å². The van der Waals surface area contributed by atoms with Crippen LogP contribution in [0, 0.1) is 5.82 Å². The summed E-state index contributed by atoms with van der Waals surface area (Å²) >= 11 is 0. The lowest BCUT2D eigenvalue weighted by Crippen LogP contribution is -2.31. The lowest BCUT2D eigenvalue weighted by atomic mass is 9.94. The number of carbonyl (C=O) groups excluding carboxylic acids is 3. The Morgan fingerprint density at radius 3 is 2.38 bits per heavy atom. The number of likely N-dealkylation sites (tertiary alicyclic amines) is 1. The number of ether oxygens (including phenoxy) is 1. The van der Waals surface area contributed by atoms with Gasteiger partial charge >= 0.3 is 5.97 Å². The number of aromatic nitrogens is 1. The summed E-state index contributed by atoms with van der Waals surface area (Å²) in [7, 11) is 1.28. The number of ketones is 1. The first kappa shape index (κ1) is 24.0. The van der Waals surface area contributed by atoms with Crippen molar-refractivity contribution in [3.63, 3.8) is 0 Å². The first-order chi connectivity index (χ1) is 17.9. The number of fused-ring (bicyclic) bond motifs is 1. The number of halogens is 1. The molecule has 0 saturated carbocycles. The molecule has 2 N–H and O–H groups in total. The number of rotatable bonds is 6. The van der Waals surface area contributed by atoms with Gasteiger partial charge in [0.05, 0.1) is 24.3 Å². The van der Waals surface area contributed by atoms with E-state index < -0.39 is 35.3 Å². The van der Waals surface area contributed by atoms with Crippen molar-refractivity contribution < 1.29 is 28.6 Å². The average molecular weight is 499 g/mol. The van der Waals surface area contributed by atoms with Gasteiger partial charge in [-0.25, -0.2) is 9.18 Å². The third-order valence-electron chi connectivity index (χ3n) is 6.60. The highest BCUT2D eigenvalue weighted by Gasteiger charge is 2.45. The smallest absolute Gasteiger partial charge is 0.337 e. The Morgan fingerprint density at radius 1 is 1.00 bits per heavy atom. The number of nitrogens with zero attached hydrogens (tertiary/aromatic N) is 1. The first-order valence-electron chi connectivity index (χ1n) is 11.7. The molecule has 7 nitrogen and oxygen atoms in total. The second-order valence-electron chi connectivity index (χ2n) is 8.72. The molecule has 1 aromatic heterocycles. The fourth-order valence-electron chi connectivity index (χ4n) is 4.72. The van der Waals surface area contributed by atoms with Crippen molar-refractivity contribution in [1.29, 1.82) is 0 Å². The molecule has 1 atom stereocenters. The van der Waals surface area contributed by atoms with Crippen LogP contribution in [0.3, 0.4) is 0 Å². The van der Waals surface area contributed by atoms with Crippen molar-refractivity contribution in [3.8, 4) is 0 Å². The van der Waals surface area contributed by atoms with Crippen molar-refractivity contribution in [2.45, 2.75) is 12.5 Å². The molecule has 1 amide bonds. The molecule has 1 fully saturated rings. The van der Waals surface area contributed by atoms with E-state index in [-0.39, 0.29) is 17.7 Å². The maximum atomic E-state index is 13.5. The number of Topliss-reactive ketones (excluding diaryl/α,β-unsaturated/α-hetero) is 1. The first-order valence-corrected chi connectivity index (χ1v) is 11.7. The van der Waals surface area contributed by atoms with Crippen LogP contribution in [-0.2, 0) is 20.7 Å².